The average Bonchev–Trinajstić information content (AvgIpc) is 2.49. The van der Waals surface area contributed by atoms with E-state index in [1.54, 1.807) is 0 Å². The second-order valence-electron chi connectivity index (χ2n) is 5.44. The van der Waals surface area contributed by atoms with Gasteiger partial charge in [-0.2, -0.15) is 0 Å². The van der Waals surface area contributed by atoms with Crippen molar-refractivity contribution in [2.24, 2.45) is 5.73 Å². The summed E-state index contributed by atoms with van der Waals surface area (Å²) in [6, 6.07) is 19.4. The van der Waals surface area contributed by atoms with Crippen molar-refractivity contribution >= 4 is 5.69 Å². The van der Waals surface area contributed by atoms with E-state index in [2.05, 4.69) is 73.6 Å². The van der Waals surface area contributed by atoms with Crippen molar-refractivity contribution in [2.75, 3.05) is 25.5 Å². The fourth-order valence-electron chi connectivity index (χ4n) is 2.45. The molecule has 0 amide bonds. The van der Waals surface area contributed by atoms with Crippen LogP contribution in [0.3, 0.4) is 0 Å². The lowest BCUT2D eigenvalue weighted by Crippen LogP contribution is -2.14. The summed E-state index contributed by atoms with van der Waals surface area (Å²) in [5.74, 6) is 0.436. The third-order valence-electron chi connectivity index (χ3n) is 3.79. The summed E-state index contributed by atoms with van der Waals surface area (Å²) in [5.41, 5.74) is 9.91. The first-order valence-electron chi connectivity index (χ1n) is 7.22. The number of anilines is 1. The molecule has 0 aromatic heterocycles. The molecule has 0 heterocycles. The summed E-state index contributed by atoms with van der Waals surface area (Å²) in [5, 5.41) is 0. The number of rotatable bonds is 6. The van der Waals surface area contributed by atoms with Crippen LogP contribution < -0.4 is 10.6 Å². The van der Waals surface area contributed by atoms with E-state index >= 15 is 0 Å². The summed E-state index contributed by atoms with van der Waals surface area (Å²) in [4.78, 5) is 2.12. The van der Waals surface area contributed by atoms with Crippen molar-refractivity contribution in [3.05, 3.63) is 65.7 Å². The smallest absolute Gasteiger partial charge is 0.0361 e. The molecule has 1 unspecified atom stereocenters. The highest BCUT2D eigenvalue weighted by Crippen LogP contribution is 2.23. The summed E-state index contributed by atoms with van der Waals surface area (Å²) in [7, 11) is 4.12. The SMILES string of the molecule is CN(C)c1ccc(C(CN)CCc2ccccc2)cc1. The van der Waals surface area contributed by atoms with Gasteiger partial charge in [0, 0.05) is 19.8 Å². The van der Waals surface area contributed by atoms with E-state index in [9.17, 15) is 0 Å². The third kappa shape index (κ3) is 3.84. The van der Waals surface area contributed by atoms with Gasteiger partial charge >= 0.3 is 0 Å². The summed E-state index contributed by atoms with van der Waals surface area (Å²) < 4.78 is 0. The first-order chi connectivity index (χ1) is 9.70. The fraction of sp³-hybridized carbons (Fsp3) is 0.333. The molecule has 1 atom stereocenters. The van der Waals surface area contributed by atoms with Crippen LogP contribution in [0.15, 0.2) is 54.6 Å². The van der Waals surface area contributed by atoms with Crippen LogP contribution in [-0.2, 0) is 6.42 Å². The molecule has 2 aromatic carbocycles. The van der Waals surface area contributed by atoms with E-state index in [1.807, 2.05) is 0 Å². The Labute approximate surface area is 122 Å². The second-order valence-corrected chi connectivity index (χ2v) is 5.44. The van der Waals surface area contributed by atoms with Gasteiger partial charge in [-0.1, -0.05) is 42.5 Å². The van der Waals surface area contributed by atoms with Crippen LogP contribution in [0, 0.1) is 0 Å². The normalized spacial score (nSPS) is 12.2. The minimum absolute atomic E-state index is 0.436. The summed E-state index contributed by atoms with van der Waals surface area (Å²) in [6.45, 7) is 0.703. The lowest BCUT2D eigenvalue weighted by atomic mass is 9.92. The molecular weight excluding hydrogens is 244 g/mol. The number of hydrogen-bond donors (Lipinski definition) is 1. The van der Waals surface area contributed by atoms with Crippen LogP contribution in [0.5, 0.6) is 0 Å². The number of hydrogen-bond acceptors (Lipinski definition) is 2. The minimum Gasteiger partial charge on any atom is -0.378 e. The lowest BCUT2D eigenvalue weighted by Gasteiger charge is -2.18. The molecule has 2 rings (SSSR count). The topological polar surface area (TPSA) is 29.3 Å². The number of nitrogens with two attached hydrogens (primary N) is 1. The van der Waals surface area contributed by atoms with E-state index in [4.69, 9.17) is 5.73 Å². The van der Waals surface area contributed by atoms with Crippen molar-refractivity contribution in [3.63, 3.8) is 0 Å². The van der Waals surface area contributed by atoms with E-state index in [-0.39, 0.29) is 0 Å². The Morgan fingerprint density at radius 2 is 1.60 bits per heavy atom. The van der Waals surface area contributed by atoms with Gasteiger partial charge in [-0.15, -0.1) is 0 Å². The largest absolute Gasteiger partial charge is 0.378 e. The van der Waals surface area contributed by atoms with E-state index < -0.39 is 0 Å². The molecule has 0 radical (unpaired) electrons. The molecule has 0 bridgehead atoms. The van der Waals surface area contributed by atoms with Gasteiger partial charge < -0.3 is 10.6 Å². The van der Waals surface area contributed by atoms with Gasteiger partial charge in [0.25, 0.3) is 0 Å². The molecule has 0 aliphatic heterocycles. The number of benzene rings is 2. The molecule has 0 fully saturated rings. The van der Waals surface area contributed by atoms with Crippen LogP contribution >= 0.6 is 0 Å². The van der Waals surface area contributed by atoms with Gasteiger partial charge in [0.15, 0.2) is 0 Å². The molecular formula is C18H24N2. The Hall–Kier alpha value is -1.80. The Morgan fingerprint density at radius 3 is 2.15 bits per heavy atom. The molecule has 0 saturated heterocycles. The zero-order valence-corrected chi connectivity index (χ0v) is 12.4. The quantitative estimate of drug-likeness (QED) is 0.869. The Morgan fingerprint density at radius 1 is 0.950 bits per heavy atom. The Balaban J connectivity index is 2.01. The van der Waals surface area contributed by atoms with Gasteiger partial charge in [-0.25, -0.2) is 0 Å². The predicted octanol–water partition coefficient (Wildman–Crippen LogP) is 3.43. The van der Waals surface area contributed by atoms with Crippen LogP contribution in [0.2, 0.25) is 0 Å². The second kappa shape index (κ2) is 7.11. The first kappa shape index (κ1) is 14.6. The highest BCUT2D eigenvalue weighted by molar-refractivity contribution is 5.46. The fourth-order valence-corrected chi connectivity index (χ4v) is 2.45. The summed E-state index contributed by atoms with van der Waals surface area (Å²) >= 11 is 0. The Bertz CT molecular complexity index is 503. The van der Waals surface area contributed by atoms with Gasteiger partial charge in [-0.3, -0.25) is 0 Å². The average molecular weight is 268 g/mol. The van der Waals surface area contributed by atoms with Crippen molar-refractivity contribution in [1.82, 2.24) is 0 Å². The zero-order valence-electron chi connectivity index (χ0n) is 12.4. The van der Waals surface area contributed by atoms with Crippen LogP contribution in [0.4, 0.5) is 5.69 Å². The van der Waals surface area contributed by atoms with Crippen molar-refractivity contribution in [1.29, 1.82) is 0 Å². The maximum absolute atomic E-state index is 5.96. The third-order valence-corrected chi connectivity index (χ3v) is 3.79. The molecule has 0 saturated carbocycles. The van der Waals surface area contributed by atoms with Gasteiger partial charge in [0.1, 0.15) is 0 Å². The number of aryl methyl sites for hydroxylation is 1. The van der Waals surface area contributed by atoms with E-state index in [1.165, 1.54) is 16.8 Å². The first-order valence-corrected chi connectivity index (χ1v) is 7.22. The van der Waals surface area contributed by atoms with Gasteiger partial charge in [0.2, 0.25) is 0 Å². The molecule has 20 heavy (non-hydrogen) atoms. The highest BCUT2D eigenvalue weighted by atomic mass is 15.1. The molecule has 2 nitrogen and oxygen atoms in total. The highest BCUT2D eigenvalue weighted by Gasteiger charge is 2.10. The maximum Gasteiger partial charge on any atom is 0.0361 e. The molecule has 0 spiro atoms. The number of nitrogens with zero attached hydrogens (tertiary/aromatic N) is 1. The molecule has 2 heteroatoms. The predicted molar refractivity (Wildman–Crippen MR) is 87.3 cm³/mol. The molecule has 0 aliphatic carbocycles. The summed E-state index contributed by atoms with van der Waals surface area (Å²) in [6.07, 6.45) is 2.18. The molecule has 2 aromatic rings. The van der Waals surface area contributed by atoms with Crippen LogP contribution in [0.25, 0.3) is 0 Å². The minimum atomic E-state index is 0.436. The van der Waals surface area contributed by atoms with Crippen molar-refractivity contribution < 1.29 is 0 Å². The van der Waals surface area contributed by atoms with Crippen LogP contribution in [0.1, 0.15) is 23.5 Å². The Kier molecular flexibility index (Phi) is 5.19. The van der Waals surface area contributed by atoms with Gasteiger partial charge in [0.05, 0.1) is 0 Å². The lowest BCUT2D eigenvalue weighted by molar-refractivity contribution is 0.634. The van der Waals surface area contributed by atoms with Gasteiger partial charge in [-0.05, 0) is 48.6 Å². The zero-order chi connectivity index (χ0) is 14.4. The molecule has 0 aliphatic rings. The molecule has 2 N–H and O–H groups in total. The van der Waals surface area contributed by atoms with E-state index in [0.717, 1.165) is 12.8 Å². The van der Waals surface area contributed by atoms with Crippen LogP contribution in [-0.4, -0.2) is 20.6 Å². The van der Waals surface area contributed by atoms with Crippen molar-refractivity contribution in [3.8, 4) is 0 Å². The monoisotopic (exact) mass is 268 g/mol. The maximum atomic E-state index is 5.96. The molecule has 106 valence electrons. The standard InChI is InChI=1S/C18H24N2/c1-20(2)18-12-10-16(11-13-18)17(14-19)9-8-15-6-4-3-5-7-15/h3-7,10-13,17H,8-9,14,19H2,1-2H3. The van der Waals surface area contributed by atoms with Crippen molar-refractivity contribution in [2.45, 2.75) is 18.8 Å². The van der Waals surface area contributed by atoms with E-state index in [0.29, 0.717) is 12.5 Å².